The van der Waals surface area contributed by atoms with E-state index in [4.69, 9.17) is 10.5 Å². The minimum atomic E-state index is -0.304. The molecule has 2 aliphatic rings. The first kappa shape index (κ1) is 26.5. The van der Waals surface area contributed by atoms with E-state index >= 15 is 0 Å². The number of rotatable bonds is 6. The van der Waals surface area contributed by atoms with Gasteiger partial charge < -0.3 is 25.6 Å². The highest BCUT2D eigenvalue weighted by atomic mass is 16.5. The van der Waals surface area contributed by atoms with Crippen molar-refractivity contribution in [3.8, 4) is 22.3 Å². The molecule has 0 unspecified atom stereocenters. The summed E-state index contributed by atoms with van der Waals surface area (Å²) < 4.78 is 5.42. The van der Waals surface area contributed by atoms with E-state index in [1.54, 1.807) is 23.4 Å². The number of pyridine rings is 2. The third-order valence-corrected chi connectivity index (χ3v) is 7.63. The molecule has 2 saturated heterocycles. The summed E-state index contributed by atoms with van der Waals surface area (Å²) >= 11 is 0. The lowest BCUT2D eigenvalue weighted by molar-refractivity contribution is 0.0783. The molecule has 2 aliphatic heterocycles. The third kappa shape index (κ3) is 5.90. The lowest BCUT2D eigenvalue weighted by atomic mass is 10.0. The van der Waals surface area contributed by atoms with Gasteiger partial charge in [-0.05, 0) is 47.9 Å². The zero-order valence-electron chi connectivity index (χ0n) is 22.7. The molecule has 6 rings (SSSR count). The van der Waals surface area contributed by atoms with E-state index in [1.807, 2.05) is 66.7 Å². The maximum Gasteiger partial charge on any atom is 0.255 e. The average molecular weight is 549 g/mol. The molecule has 4 heterocycles. The fourth-order valence-electron chi connectivity index (χ4n) is 5.30. The van der Waals surface area contributed by atoms with Gasteiger partial charge in [0.25, 0.3) is 11.8 Å². The molecule has 9 nitrogen and oxygen atoms in total. The molecule has 0 saturated carbocycles. The predicted octanol–water partition coefficient (Wildman–Crippen LogP) is 3.87. The number of aromatic nitrogens is 2. The molecule has 2 aromatic heterocycles. The van der Waals surface area contributed by atoms with E-state index < -0.39 is 0 Å². The Morgan fingerprint density at radius 3 is 2.27 bits per heavy atom. The Balaban J connectivity index is 1.08. The molecule has 0 spiro atoms. The summed E-state index contributed by atoms with van der Waals surface area (Å²) in [6.45, 7) is 4.01. The van der Waals surface area contributed by atoms with Crippen molar-refractivity contribution >= 4 is 23.5 Å². The van der Waals surface area contributed by atoms with Crippen LogP contribution < -0.4 is 16.0 Å². The van der Waals surface area contributed by atoms with Gasteiger partial charge in [0.15, 0.2) is 0 Å². The Morgan fingerprint density at radius 1 is 0.829 bits per heavy atom. The van der Waals surface area contributed by atoms with Gasteiger partial charge in [-0.25, -0.2) is 9.97 Å². The van der Waals surface area contributed by atoms with Crippen LogP contribution in [0.2, 0.25) is 0 Å². The van der Waals surface area contributed by atoms with Crippen LogP contribution in [0.3, 0.4) is 0 Å². The molecular formula is C32H32N6O3. The number of nitrogens with one attached hydrogen (secondary N) is 1. The van der Waals surface area contributed by atoms with Gasteiger partial charge in [-0.2, -0.15) is 0 Å². The zero-order valence-corrected chi connectivity index (χ0v) is 22.7. The highest BCUT2D eigenvalue weighted by Crippen LogP contribution is 2.25. The number of nitrogens with zero attached hydrogens (tertiary/aromatic N) is 4. The number of amides is 2. The Kier molecular flexibility index (Phi) is 7.60. The standard InChI is InChI=1S/C32H32N6O3/c33-30-28(18-26(20-35-30)25-10-11-29(34-19-25)37-14-16-41-17-15-37)31(39)36-27-12-13-38(21-27)32(40)24-8-6-23(7-9-24)22-4-2-1-3-5-22/h1-11,18-20,27H,12-17,21H2,(H2,33,35)(H,36,39)/t27-/m1/s1. The van der Waals surface area contributed by atoms with E-state index in [0.717, 1.165) is 41.2 Å². The largest absolute Gasteiger partial charge is 0.383 e. The Hall–Kier alpha value is -4.76. The third-order valence-electron chi connectivity index (χ3n) is 7.63. The molecule has 0 bridgehead atoms. The summed E-state index contributed by atoms with van der Waals surface area (Å²) in [5, 5.41) is 3.05. The number of nitrogens with two attached hydrogens (primary N) is 1. The summed E-state index contributed by atoms with van der Waals surface area (Å²) in [4.78, 5) is 39.2. The van der Waals surface area contributed by atoms with Crippen molar-refractivity contribution < 1.29 is 14.3 Å². The van der Waals surface area contributed by atoms with Gasteiger partial charge in [0, 0.05) is 61.3 Å². The summed E-state index contributed by atoms with van der Waals surface area (Å²) in [5.41, 5.74) is 10.8. The molecule has 4 aromatic rings. The number of likely N-dealkylation sites (tertiary alicyclic amines) is 1. The number of ether oxygens (including phenoxy) is 1. The van der Waals surface area contributed by atoms with E-state index in [1.165, 1.54) is 0 Å². The van der Waals surface area contributed by atoms with E-state index in [2.05, 4.69) is 20.2 Å². The lowest BCUT2D eigenvalue weighted by Crippen LogP contribution is -2.38. The van der Waals surface area contributed by atoms with Gasteiger partial charge in [-0.1, -0.05) is 42.5 Å². The molecule has 1 atom stereocenters. The maximum absolute atomic E-state index is 13.2. The van der Waals surface area contributed by atoms with Gasteiger partial charge in [-0.15, -0.1) is 0 Å². The van der Waals surface area contributed by atoms with E-state index in [0.29, 0.717) is 43.9 Å². The number of hydrogen-bond donors (Lipinski definition) is 2. The fraction of sp³-hybridized carbons (Fsp3) is 0.250. The van der Waals surface area contributed by atoms with Crippen LogP contribution >= 0.6 is 0 Å². The molecule has 2 aromatic carbocycles. The van der Waals surface area contributed by atoms with Crippen LogP contribution in [0.25, 0.3) is 22.3 Å². The van der Waals surface area contributed by atoms with Crippen LogP contribution in [0.1, 0.15) is 27.1 Å². The van der Waals surface area contributed by atoms with Gasteiger partial charge >= 0.3 is 0 Å². The molecule has 2 amide bonds. The van der Waals surface area contributed by atoms with Crippen LogP contribution in [-0.2, 0) is 4.74 Å². The summed E-state index contributed by atoms with van der Waals surface area (Å²) in [5.74, 6) is 0.707. The van der Waals surface area contributed by atoms with Crippen LogP contribution in [0.5, 0.6) is 0 Å². The number of carbonyl (C=O) groups is 2. The number of benzene rings is 2. The monoisotopic (exact) mass is 548 g/mol. The molecular weight excluding hydrogens is 516 g/mol. The molecule has 3 N–H and O–H groups in total. The average Bonchev–Trinajstić information content (AvgIpc) is 3.50. The quantitative estimate of drug-likeness (QED) is 0.376. The minimum absolute atomic E-state index is 0.0439. The number of morpholine rings is 1. The number of nitrogen functional groups attached to an aromatic ring is 1. The van der Waals surface area contributed by atoms with Crippen LogP contribution in [0.15, 0.2) is 85.2 Å². The van der Waals surface area contributed by atoms with Crippen molar-refractivity contribution in [2.45, 2.75) is 12.5 Å². The second-order valence-corrected chi connectivity index (χ2v) is 10.3. The number of anilines is 2. The van der Waals surface area contributed by atoms with Crippen LogP contribution in [-0.4, -0.2) is 72.1 Å². The van der Waals surface area contributed by atoms with Crippen molar-refractivity contribution in [2.75, 3.05) is 50.0 Å². The topological polar surface area (TPSA) is 114 Å². The first-order valence-corrected chi connectivity index (χ1v) is 13.9. The summed E-state index contributed by atoms with van der Waals surface area (Å²) in [6.07, 6.45) is 4.10. The van der Waals surface area contributed by atoms with E-state index in [-0.39, 0.29) is 23.7 Å². The molecule has 0 radical (unpaired) electrons. The van der Waals surface area contributed by atoms with Gasteiger partial charge in [-0.3, -0.25) is 9.59 Å². The lowest BCUT2D eigenvalue weighted by Gasteiger charge is -2.27. The normalized spacial score (nSPS) is 16.9. The molecule has 41 heavy (non-hydrogen) atoms. The predicted molar refractivity (Wildman–Crippen MR) is 159 cm³/mol. The van der Waals surface area contributed by atoms with Crippen molar-refractivity contribution in [2.24, 2.45) is 0 Å². The second kappa shape index (κ2) is 11.8. The molecule has 2 fully saturated rings. The number of hydrogen-bond acceptors (Lipinski definition) is 7. The highest BCUT2D eigenvalue weighted by molar-refractivity contribution is 6.00. The second-order valence-electron chi connectivity index (χ2n) is 10.3. The highest BCUT2D eigenvalue weighted by Gasteiger charge is 2.29. The van der Waals surface area contributed by atoms with Gasteiger partial charge in [0.2, 0.25) is 0 Å². The smallest absolute Gasteiger partial charge is 0.255 e. The molecule has 9 heteroatoms. The van der Waals surface area contributed by atoms with Gasteiger partial charge in [0.1, 0.15) is 11.6 Å². The van der Waals surface area contributed by atoms with Crippen molar-refractivity contribution in [1.82, 2.24) is 20.2 Å². The fourth-order valence-corrected chi connectivity index (χ4v) is 5.30. The van der Waals surface area contributed by atoms with Crippen molar-refractivity contribution in [3.63, 3.8) is 0 Å². The van der Waals surface area contributed by atoms with E-state index in [9.17, 15) is 9.59 Å². The van der Waals surface area contributed by atoms with Crippen molar-refractivity contribution in [3.05, 3.63) is 96.3 Å². The number of carbonyl (C=O) groups excluding carboxylic acids is 2. The first-order valence-electron chi connectivity index (χ1n) is 13.9. The maximum atomic E-state index is 13.2. The SMILES string of the molecule is Nc1ncc(-c2ccc(N3CCOCC3)nc2)cc1C(=O)N[C@@H]1CCN(C(=O)c2ccc(-c3ccccc3)cc2)C1. The zero-order chi connectivity index (χ0) is 28.2. The Labute approximate surface area is 239 Å². The Bertz CT molecular complexity index is 1520. The summed E-state index contributed by atoms with van der Waals surface area (Å²) in [7, 11) is 0. The Morgan fingerprint density at radius 2 is 1.54 bits per heavy atom. The summed E-state index contributed by atoms with van der Waals surface area (Å²) in [6, 6.07) is 23.2. The minimum Gasteiger partial charge on any atom is -0.383 e. The molecule has 208 valence electrons. The van der Waals surface area contributed by atoms with Crippen molar-refractivity contribution in [1.29, 1.82) is 0 Å². The first-order chi connectivity index (χ1) is 20.0. The van der Waals surface area contributed by atoms with Gasteiger partial charge in [0.05, 0.1) is 18.8 Å². The van der Waals surface area contributed by atoms with Crippen LogP contribution in [0.4, 0.5) is 11.6 Å². The van der Waals surface area contributed by atoms with Crippen LogP contribution in [0, 0.1) is 0 Å². The molecule has 0 aliphatic carbocycles.